The molecule has 2 aliphatic heterocycles. The number of para-hydroxylation sites is 2. The molecule has 0 aromatic heterocycles. The van der Waals surface area contributed by atoms with Gasteiger partial charge in [0.2, 0.25) is 6.10 Å². The van der Waals surface area contributed by atoms with Gasteiger partial charge in [0, 0.05) is 6.04 Å². The van der Waals surface area contributed by atoms with E-state index in [2.05, 4.69) is 17.3 Å². The van der Waals surface area contributed by atoms with E-state index in [1.807, 2.05) is 24.3 Å². The summed E-state index contributed by atoms with van der Waals surface area (Å²) in [5.74, 6) is 1.27. The van der Waals surface area contributed by atoms with Crippen LogP contribution in [0.4, 0.5) is 0 Å². The molecule has 1 saturated heterocycles. The maximum atomic E-state index is 12.2. The van der Waals surface area contributed by atoms with Crippen molar-refractivity contribution in [3.63, 3.8) is 0 Å². The fourth-order valence-electron chi connectivity index (χ4n) is 2.60. The van der Waals surface area contributed by atoms with Gasteiger partial charge in [-0.05, 0) is 45.1 Å². The molecule has 5 heteroatoms. The lowest BCUT2D eigenvalue weighted by Crippen LogP contribution is -2.50. The molecule has 2 heterocycles. The molecular weight excluding hydrogens is 256 g/mol. The largest absolute Gasteiger partial charge is 0.485 e. The lowest BCUT2D eigenvalue weighted by molar-refractivity contribution is -0.131. The van der Waals surface area contributed by atoms with Crippen LogP contribution >= 0.6 is 0 Å². The van der Waals surface area contributed by atoms with Crippen LogP contribution in [-0.2, 0) is 4.79 Å². The van der Waals surface area contributed by atoms with Gasteiger partial charge < -0.3 is 19.7 Å². The van der Waals surface area contributed by atoms with E-state index in [9.17, 15) is 4.79 Å². The van der Waals surface area contributed by atoms with Crippen molar-refractivity contribution < 1.29 is 14.3 Å². The monoisotopic (exact) mass is 276 g/mol. The molecule has 1 aromatic rings. The minimum atomic E-state index is -0.551. The predicted molar refractivity (Wildman–Crippen MR) is 75.0 cm³/mol. The number of piperidine rings is 1. The second-order valence-electron chi connectivity index (χ2n) is 5.45. The SMILES string of the molecule is CN1CCC(NC(=O)[C@H]2COc3ccccc3O2)CC1. The summed E-state index contributed by atoms with van der Waals surface area (Å²) in [5.41, 5.74) is 0. The highest BCUT2D eigenvalue weighted by Crippen LogP contribution is 2.30. The van der Waals surface area contributed by atoms with Gasteiger partial charge in [0.1, 0.15) is 6.61 Å². The highest BCUT2D eigenvalue weighted by atomic mass is 16.6. The molecule has 1 atom stereocenters. The van der Waals surface area contributed by atoms with E-state index < -0.39 is 6.10 Å². The molecule has 0 unspecified atom stereocenters. The summed E-state index contributed by atoms with van der Waals surface area (Å²) < 4.78 is 11.3. The zero-order valence-corrected chi connectivity index (χ0v) is 11.7. The molecule has 1 amide bonds. The number of fused-ring (bicyclic) bond motifs is 1. The third-order valence-electron chi connectivity index (χ3n) is 3.87. The van der Waals surface area contributed by atoms with Crippen LogP contribution in [0.25, 0.3) is 0 Å². The van der Waals surface area contributed by atoms with Crippen LogP contribution in [0.1, 0.15) is 12.8 Å². The fourth-order valence-corrected chi connectivity index (χ4v) is 2.60. The van der Waals surface area contributed by atoms with E-state index in [-0.39, 0.29) is 18.6 Å². The number of hydrogen-bond donors (Lipinski definition) is 1. The van der Waals surface area contributed by atoms with Crippen LogP contribution in [-0.4, -0.2) is 49.7 Å². The molecule has 1 fully saturated rings. The molecule has 0 aliphatic carbocycles. The summed E-state index contributed by atoms with van der Waals surface area (Å²) in [7, 11) is 2.10. The first-order valence-electron chi connectivity index (χ1n) is 7.10. The number of likely N-dealkylation sites (tertiary alicyclic amines) is 1. The van der Waals surface area contributed by atoms with Crippen LogP contribution in [0.2, 0.25) is 0 Å². The van der Waals surface area contributed by atoms with Gasteiger partial charge in [0.25, 0.3) is 5.91 Å². The summed E-state index contributed by atoms with van der Waals surface area (Å²) >= 11 is 0. The number of hydrogen-bond acceptors (Lipinski definition) is 4. The van der Waals surface area contributed by atoms with Gasteiger partial charge in [-0.1, -0.05) is 12.1 Å². The number of nitrogens with one attached hydrogen (secondary N) is 1. The number of rotatable bonds is 2. The minimum Gasteiger partial charge on any atom is -0.485 e. The van der Waals surface area contributed by atoms with Crippen molar-refractivity contribution in [3.8, 4) is 11.5 Å². The van der Waals surface area contributed by atoms with Crippen LogP contribution in [0.5, 0.6) is 11.5 Å². The van der Waals surface area contributed by atoms with Crippen molar-refractivity contribution in [2.24, 2.45) is 0 Å². The maximum Gasteiger partial charge on any atom is 0.264 e. The topological polar surface area (TPSA) is 50.8 Å². The lowest BCUT2D eigenvalue weighted by atomic mass is 10.1. The maximum absolute atomic E-state index is 12.2. The van der Waals surface area contributed by atoms with E-state index in [1.165, 1.54) is 0 Å². The Morgan fingerprint density at radius 1 is 1.25 bits per heavy atom. The molecule has 0 bridgehead atoms. The Kier molecular flexibility index (Phi) is 3.78. The van der Waals surface area contributed by atoms with Crippen LogP contribution in [0, 0.1) is 0 Å². The van der Waals surface area contributed by atoms with Gasteiger partial charge in [-0.15, -0.1) is 0 Å². The Morgan fingerprint density at radius 2 is 1.95 bits per heavy atom. The molecule has 20 heavy (non-hydrogen) atoms. The summed E-state index contributed by atoms with van der Waals surface area (Å²) in [5, 5.41) is 3.07. The van der Waals surface area contributed by atoms with Crippen molar-refractivity contribution in [1.82, 2.24) is 10.2 Å². The molecule has 5 nitrogen and oxygen atoms in total. The Hall–Kier alpha value is -1.75. The number of benzene rings is 1. The molecule has 2 aliphatic rings. The van der Waals surface area contributed by atoms with E-state index in [4.69, 9.17) is 9.47 Å². The first kappa shape index (κ1) is 13.2. The van der Waals surface area contributed by atoms with Gasteiger partial charge in [-0.3, -0.25) is 4.79 Å². The number of carbonyl (C=O) groups is 1. The van der Waals surface area contributed by atoms with Crippen LogP contribution in [0.3, 0.4) is 0 Å². The average Bonchev–Trinajstić information content (AvgIpc) is 2.49. The number of nitrogens with zero attached hydrogens (tertiary/aromatic N) is 1. The van der Waals surface area contributed by atoms with Crippen LogP contribution < -0.4 is 14.8 Å². The van der Waals surface area contributed by atoms with Gasteiger partial charge in [-0.2, -0.15) is 0 Å². The Balaban J connectivity index is 1.56. The summed E-state index contributed by atoms with van der Waals surface area (Å²) in [6, 6.07) is 7.69. The highest BCUT2D eigenvalue weighted by Gasteiger charge is 2.29. The van der Waals surface area contributed by atoms with E-state index in [0.29, 0.717) is 11.5 Å². The first-order chi connectivity index (χ1) is 9.72. The van der Waals surface area contributed by atoms with Gasteiger partial charge in [0.05, 0.1) is 0 Å². The predicted octanol–water partition coefficient (Wildman–Crippen LogP) is 1.04. The molecule has 1 aromatic carbocycles. The first-order valence-corrected chi connectivity index (χ1v) is 7.10. The molecular formula is C15H20N2O3. The molecule has 1 N–H and O–H groups in total. The molecule has 0 saturated carbocycles. The molecule has 3 rings (SSSR count). The fraction of sp³-hybridized carbons (Fsp3) is 0.533. The quantitative estimate of drug-likeness (QED) is 0.877. The zero-order valence-electron chi connectivity index (χ0n) is 11.7. The Labute approximate surface area is 118 Å². The molecule has 0 radical (unpaired) electrons. The second kappa shape index (κ2) is 5.71. The number of ether oxygens (including phenoxy) is 2. The van der Waals surface area contributed by atoms with Gasteiger partial charge in [-0.25, -0.2) is 0 Å². The Bertz CT molecular complexity index is 484. The number of amides is 1. The van der Waals surface area contributed by atoms with Crippen molar-refractivity contribution >= 4 is 5.91 Å². The van der Waals surface area contributed by atoms with Crippen molar-refractivity contribution in [3.05, 3.63) is 24.3 Å². The summed E-state index contributed by atoms with van der Waals surface area (Å²) in [6.45, 7) is 2.32. The smallest absolute Gasteiger partial charge is 0.264 e. The van der Waals surface area contributed by atoms with E-state index in [1.54, 1.807) is 0 Å². The third kappa shape index (κ3) is 2.88. The van der Waals surface area contributed by atoms with Gasteiger partial charge in [0.15, 0.2) is 11.5 Å². The second-order valence-corrected chi connectivity index (χ2v) is 5.45. The van der Waals surface area contributed by atoms with Crippen molar-refractivity contribution in [2.75, 3.05) is 26.7 Å². The highest BCUT2D eigenvalue weighted by molar-refractivity contribution is 5.82. The van der Waals surface area contributed by atoms with E-state index >= 15 is 0 Å². The summed E-state index contributed by atoms with van der Waals surface area (Å²) in [4.78, 5) is 14.5. The van der Waals surface area contributed by atoms with Crippen molar-refractivity contribution in [2.45, 2.75) is 25.0 Å². The third-order valence-corrected chi connectivity index (χ3v) is 3.87. The van der Waals surface area contributed by atoms with E-state index in [0.717, 1.165) is 25.9 Å². The van der Waals surface area contributed by atoms with Gasteiger partial charge >= 0.3 is 0 Å². The summed E-state index contributed by atoms with van der Waals surface area (Å²) in [6.07, 6.45) is 1.43. The van der Waals surface area contributed by atoms with Crippen molar-refractivity contribution in [1.29, 1.82) is 0 Å². The molecule has 108 valence electrons. The minimum absolute atomic E-state index is 0.0749. The standard InChI is InChI=1S/C15H20N2O3/c1-17-8-6-11(7-9-17)16-15(18)14-10-19-12-4-2-3-5-13(12)20-14/h2-5,11,14H,6-10H2,1H3,(H,16,18)/t14-/m1/s1. The zero-order chi connectivity index (χ0) is 13.9. The average molecular weight is 276 g/mol. The number of carbonyl (C=O) groups excluding carboxylic acids is 1. The normalized spacial score (nSPS) is 23.4. The molecule has 0 spiro atoms. The Morgan fingerprint density at radius 3 is 2.70 bits per heavy atom. The van der Waals surface area contributed by atoms with Crippen LogP contribution in [0.15, 0.2) is 24.3 Å². The lowest BCUT2D eigenvalue weighted by Gasteiger charge is -2.31.